The number of hydrogen-bond donors (Lipinski definition) is 1. The normalized spacial score (nSPS) is 11.6. The van der Waals surface area contributed by atoms with E-state index >= 15 is 0 Å². The van der Waals surface area contributed by atoms with Crippen LogP contribution in [0.1, 0.15) is 5.69 Å². The van der Waals surface area contributed by atoms with E-state index in [1.54, 1.807) is 18.2 Å². The quantitative estimate of drug-likeness (QED) is 0.838. The molecule has 0 aliphatic heterocycles. The Hall–Kier alpha value is -1.73. The molecule has 2 N–H and O–H groups in total. The average molecular weight is 252 g/mol. The van der Waals surface area contributed by atoms with Gasteiger partial charge in [0.15, 0.2) is 15.7 Å². The largest absolute Gasteiger partial charge is 0.325 e. The minimum Gasteiger partial charge on any atom is -0.325 e. The van der Waals surface area contributed by atoms with Crippen LogP contribution in [0, 0.1) is 0 Å². The topological polar surface area (TPSA) is 90.9 Å². The van der Waals surface area contributed by atoms with Gasteiger partial charge in [0.1, 0.15) is 4.90 Å². The van der Waals surface area contributed by atoms with Crippen molar-refractivity contribution < 1.29 is 8.42 Å². The van der Waals surface area contributed by atoms with E-state index in [0.29, 0.717) is 12.4 Å². The Balaban J connectivity index is 2.43. The maximum atomic E-state index is 11.3. The molecular weight excluding hydrogens is 240 g/mol. The van der Waals surface area contributed by atoms with Gasteiger partial charge in [-0.2, -0.15) is 5.10 Å². The molecule has 7 heteroatoms. The average Bonchev–Trinajstić information content (AvgIpc) is 2.78. The SMILES string of the molecule is CS(=O)(=O)c1cnn(-c2cccc(CN)n2)c1. The summed E-state index contributed by atoms with van der Waals surface area (Å²) in [7, 11) is -3.24. The molecule has 17 heavy (non-hydrogen) atoms. The van der Waals surface area contributed by atoms with Crippen molar-refractivity contribution in [3.63, 3.8) is 0 Å². The fraction of sp³-hybridized carbons (Fsp3) is 0.200. The Bertz CT molecular complexity index is 633. The monoisotopic (exact) mass is 252 g/mol. The van der Waals surface area contributed by atoms with Gasteiger partial charge in [0.25, 0.3) is 0 Å². The Morgan fingerprint density at radius 1 is 1.41 bits per heavy atom. The van der Waals surface area contributed by atoms with Crippen molar-refractivity contribution >= 4 is 9.84 Å². The third-order valence-electron chi connectivity index (χ3n) is 2.22. The van der Waals surface area contributed by atoms with Gasteiger partial charge in [0, 0.05) is 12.8 Å². The second-order valence-corrected chi connectivity index (χ2v) is 5.60. The van der Waals surface area contributed by atoms with Crippen molar-refractivity contribution in [3.8, 4) is 5.82 Å². The predicted octanol–water partition coefficient (Wildman–Crippen LogP) is 0.130. The zero-order valence-electron chi connectivity index (χ0n) is 9.24. The summed E-state index contributed by atoms with van der Waals surface area (Å²) in [5, 5.41) is 3.96. The van der Waals surface area contributed by atoms with Gasteiger partial charge in [-0.25, -0.2) is 18.1 Å². The van der Waals surface area contributed by atoms with Crippen LogP contribution >= 0.6 is 0 Å². The lowest BCUT2D eigenvalue weighted by molar-refractivity contribution is 0.602. The summed E-state index contributed by atoms with van der Waals surface area (Å²) < 4.78 is 24.0. The third-order valence-corrected chi connectivity index (χ3v) is 3.29. The van der Waals surface area contributed by atoms with Gasteiger partial charge in [-0.3, -0.25) is 0 Å². The minimum atomic E-state index is -3.24. The number of nitrogens with two attached hydrogens (primary N) is 1. The Morgan fingerprint density at radius 2 is 2.18 bits per heavy atom. The fourth-order valence-corrected chi connectivity index (χ4v) is 1.86. The number of nitrogens with zero attached hydrogens (tertiary/aromatic N) is 3. The van der Waals surface area contributed by atoms with E-state index in [1.165, 1.54) is 17.1 Å². The van der Waals surface area contributed by atoms with Crippen molar-refractivity contribution in [1.29, 1.82) is 0 Å². The van der Waals surface area contributed by atoms with E-state index in [-0.39, 0.29) is 4.90 Å². The molecule has 0 radical (unpaired) electrons. The highest BCUT2D eigenvalue weighted by Gasteiger charge is 2.11. The molecule has 2 heterocycles. The summed E-state index contributed by atoms with van der Waals surface area (Å²) in [6.45, 7) is 0.327. The molecule has 2 aromatic rings. The number of hydrogen-bond acceptors (Lipinski definition) is 5. The molecule has 0 aromatic carbocycles. The smallest absolute Gasteiger partial charge is 0.178 e. The molecule has 0 spiro atoms. The van der Waals surface area contributed by atoms with Gasteiger partial charge >= 0.3 is 0 Å². The van der Waals surface area contributed by atoms with Gasteiger partial charge < -0.3 is 5.73 Å². The van der Waals surface area contributed by atoms with Crippen molar-refractivity contribution in [2.75, 3.05) is 6.26 Å². The summed E-state index contributed by atoms with van der Waals surface area (Å²) in [5.41, 5.74) is 6.20. The summed E-state index contributed by atoms with van der Waals surface area (Å²) in [4.78, 5) is 4.40. The van der Waals surface area contributed by atoms with Crippen LogP contribution in [-0.4, -0.2) is 29.4 Å². The zero-order valence-corrected chi connectivity index (χ0v) is 10.1. The van der Waals surface area contributed by atoms with E-state index in [2.05, 4.69) is 10.1 Å². The zero-order chi connectivity index (χ0) is 12.5. The highest BCUT2D eigenvalue weighted by Crippen LogP contribution is 2.10. The molecule has 0 aliphatic rings. The van der Waals surface area contributed by atoms with Gasteiger partial charge in [0.05, 0.1) is 18.1 Å². The lowest BCUT2D eigenvalue weighted by Gasteiger charge is -2.01. The molecule has 2 rings (SSSR count). The number of pyridine rings is 1. The van der Waals surface area contributed by atoms with Crippen LogP contribution in [0.2, 0.25) is 0 Å². The lowest BCUT2D eigenvalue weighted by Crippen LogP contribution is -2.04. The highest BCUT2D eigenvalue weighted by atomic mass is 32.2. The van der Waals surface area contributed by atoms with Crippen LogP contribution < -0.4 is 5.73 Å². The first-order valence-electron chi connectivity index (χ1n) is 4.92. The molecule has 90 valence electrons. The van der Waals surface area contributed by atoms with Crippen LogP contribution in [0.3, 0.4) is 0 Å². The summed E-state index contributed by atoms with van der Waals surface area (Å²) >= 11 is 0. The summed E-state index contributed by atoms with van der Waals surface area (Å²) in [5.74, 6) is 0.544. The van der Waals surface area contributed by atoms with Crippen LogP contribution in [0.25, 0.3) is 5.82 Å². The molecule has 0 amide bonds. The maximum Gasteiger partial charge on any atom is 0.178 e. The third kappa shape index (κ3) is 2.51. The summed E-state index contributed by atoms with van der Waals surface area (Å²) in [6.07, 6.45) is 3.86. The van der Waals surface area contributed by atoms with Gasteiger partial charge in [-0.15, -0.1) is 0 Å². The van der Waals surface area contributed by atoms with Crippen LogP contribution in [0.15, 0.2) is 35.5 Å². The van der Waals surface area contributed by atoms with Crippen LogP contribution in [0.4, 0.5) is 0 Å². The first kappa shape index (κ1) is 11.7. The first-order chi connectivity index (χ1) is 8.00. The van der Waals surface area contributed by atoms with Gasteiger partial charge in [-0.1, -0.05) is 6.07 Å². The first-order valence-corrected chi connectivity index (χ1v) is 6.81. The maximum absolute atomic E-state index is 11.3. The molecule has 2 aromatic heterocycles. The second-order valence-electron chi connectivity index (χ2n) is 3.58. The molecule has 0 aliphatic carbocycles. The van der Waals surface area contributed by atoms with Crippen molar-refractivity contribution in [3.05, 3.63) is 36.3 Å². The Labute approximate surface area is 99.0 Å². The Morgan fingerprint density at radius 3 is 2.76 bits per heavy atom. The molecule has 6 nitrogen and oxygen atoms in total. The molecular formula is C10H12N4O2S. The molecule has 0 unspecified atom stereocenters. The Kier molecular flexibility index (Phi) is 2.95. The van der Waals surface area contributed by atoms with E-state index < -0.39 is 9.84 Å². The van der Waals surface area contributed by atoms with Gasteiger partial charge in [0.2, 0.25) is 0 Å². The molecule has 0 saturated carbocycles. The molecule has 0 fully saturated rings. The molecule has 0 bridgehead atoms. The molecule has 0 atom stereocenters. The van der Waals surface area contributed by atoms with Crippen LogP contribution in [0.5, 0.6) is 0 Å². The minimum absolute atomic E-state index is 0.164. The lowest BCUT2D eigenvalue weighted by atomic mass is 10.3. The fourth-order valence-electron chi connectivity index (χ4n) is 1.33. The second kappa shape index (κ2) is 4.27. The van der Waals surface area contributed by atoms with Crippen LogP contribution in [-0.2, 0) is 16.4 Å². The van der Waals surface area contributed by atoms with Crippen molar-refractivity contribution in [1.82, 2.24) is 14.8 Å². The molecule has 0 saturated heterocycles. The van der Waals surface area contributed by atoms with E-state index in [0.717, 1.165) is 11.9 Å². The van der Waals surface area contributed by atoms with E-state index in [1.807, 2.05) is 0 Å². The van der Waals surface area contributed by atoms with Crippen molar-refractivity contribution in [2.45, 2.75) is 11.4 Å². The van der Waals surface area contributed by atoms with E-state index in [9.17, 15) is 8.42 Å². The number of rotatable bonds is 3. The van der Waals surface area contributed by atoms with E-state index in [4.69, 9.17) is 5.73 Å². The number of aromatic nitrogens is 3. The highest BCUT2D eigenvalue weighted by molar-refractivity contribution is 7.90. The van der Waals surface area contributed by atoms with Gasteiger partial charge in [-0.05, 0) is 12.1 Å². The number of sulfone groups is 1. The predicted molar refractivity (Wildman–Crippen MR) is 62.4 cm³/mol. The van der Waals surface area contributed by atoms with Crippen molar-refractivity contribution in [2.24, 2.45) is 5.73 Å². The summed E-state index contributed by atoms with van der Waals surface area (Å²) in [6, 6.07) is 5.33. The standard InChI is InChI=1S/C10H12N4O2S/c1-17(15,16)9-6-12-14(7-9)10-4-2-3-8(5-11)13-10/h2-4,6-7H,5,11H2,1H3.